The van der Waals surface area contributed by atoms with E-state index in [0.29, 0.717) is 0 Å². The van der Waals surface area contributed by atoms with Crippen LogP contribution >= 0.6 is 0 Å². The number of hydrogen-bond donors (Lipinski definition) is 1. The maximum absolute atomic E-state index is 5.91. The Kier molecular flexibility index (Phi) is 3.37. The number of benzene rings is 1. The number of aryl methyl sites for hydroxylation is 1. The van der Waals surface area contributed by atoms with Crippen molar-refractivity contribution < 1.29 is 4.42 Å². The van der Waals surface area contributed by atoms with E-state index in [4.69, 9.17) is 4.42 Å². The van der Waals surface area contributed by atoms with Gasteiger partial charge in [-0.25, -0.2) is 0 Å². The lowest BCUT2D eigenvalue weighted by atomic mass is 9.84. The van der Waals surface area contributed by atoms with Crippen LogP contribution in [0.5, 0.6) is 0 Å². The third-order valence-electron chi connectivity index (χ3n) is 4.11. The summed E-state index contributed by atoms with van der Waals surface area (Å²) in [5, 5.41) is 4.88. The summed E-state index contributed by atoms with van der Waals surface area (Å²) in [5.74, 6) is 0. The first-order chi connectivity index (χ1) is 9.45. The summed E-state index contributed by atoms with van der Waals surface area (Å²) in [6.45, 7) is 9.97. The second-order valence-electron chi connectivity index (χ2n) is 7.18. The number of nitrogens with one attached hydrogen (secondary N) is 1. The molecule has 1 aliphatic carbocycles. The number of rotatable bonds is 4. The molecular formula is C18H25NO. The van der Waals surface area contributed by atoms with Crippen molar-refractivity contribution in [3.8, 4) is 0 Å². The molecule has 2 heteroatoms. The van der Waals surface area contributed by atoms with E-state index in [1.165, 1.54) is 34.9 Å². The van der Waals surface area contributed by atoms with Gasteiger partial charge in [-0.3, -0.25) is 0 Å². The van der Waals surface area contributed by atoms with Crippen LogP contribution in [0.25, 0.3) is 11.0 Å². The Labute approximate surface area is 121 Å². The second kappa shape index (κ2) is 4.92. The molecule has 0 aliphatic heterocycles. The second-order valence-corrected chi connectivity index (χ2v) is 7.18. The first-order valence-electron chi connectivity index (χ1n) is 7.70. The Bertz CT molecular complexity index is 614. The van der Waals surface area contributed by atoms with Crippen LogP contribution in [0.15, 0.2) is 22.8 Å². The molecule has 2 nitrogen and oxygen atoms in total. The van der Waals surface area contributed by atoms with Gasteiger partial charge in [-0.2, -0.15) is 0 Å². The summed E-state index contributed by atoms with van der Waals surface area (Å²) in [6, 6.07) is 5.30. The van der Waals surface area contributed by atoms with Gasteiger partial charge in [0.05, 0.1) is 6.26 Å². The normalized spacial score (nSPS) is 16.0. The van der Waals surface area contributed by atoms with Gasteiger partial charge in [0.25, 0.3) is 0 Å². The molecule has 20 heavy (non-hydrogen) atoms. The Morgan fingerprint density at radius 3 is 2.65 bits per heavy atom. The van der Waals surface area contributed by atoms with E-state index in [-0.39, 0.29) is 5.41 Å². The van der Waals surface area contributed by atoms with Gasteiger partial charge in [-0.05, 0) is 55.3 Å². The predicted molar refractivity (Wildman–Crippen MR) is 84.4 cm³/mol. The summed E-state index contributed by atoms with van der Waals surface area (Å²) in [4.78, 5) is 0. The first kappa shape index (κ1) is 13.7. The van der Waals surface area contributed by atoms with Crippen LogP contribution in [-0.2, 0) is 11.8 Å². The highest BCUT2D eigenvalue weighted by Gasteiger charge is 2.22. The molecule has 0 bridgehead atoms. The molecule has 0 unspecified atom stereocenters. The Balaban J connectivity index is 1.92. The highest BCUT2D eigenvalue weighted by atomic mass is 16.3. The van der Waals surface area contributed by atoms with Crippen molar-refractivity contribution in [3.05, 3.63) is 35.1 Å². The van der Waals surface area contributed by atoms with Gasteiger partial charge in [-0.1, -0.05) is 26.8 Å². The van der Waals surface area contributed by atoms with Crippen LogP contribution in [0, 0.1) is 6.92 Å². The van der Waals surface area contributed by atoms with Crippen LogP contribution < -0.4 is 5.32 Å². The fraction of sp³-hybridized carbons (Fsp3) is 0.556. The van der Waals surface area contributed by atoms with Crippen molar-refractivity contribution in [2.24, 2.45) is 0 Å². The molecule has 0 amide bonds. The van der Waals surface area contributed by atoms with E-state index in [1.807, 2.05) is 6.26 Å². The zero-order chi connectivity index (χ0) is 14.3. The van der Waals surface area contributed by atoms with E-state index in [1.54, 1.807) is 0 Å². The van der Waals surface area contributed by atoms with Gasteiger partial charge in [0.2, 0.25) is 0 Å². The zero-order valence-electron chi connectivity index (χ0n) is 13.0. The monoisotopic (exact) mass is 271 g/mol. The standard InChI is InChI=1S/C18H25NO/c1-12-9-15-13(7-8-19-14-5-6-14)11-20-17(15)16(10-12)18(2,3)4/h9-11,14,19H,5-8H2,1-4H3. The Morgan fingerprint density at radius 2 is 2.00 bits per heavy atom. The van der Waals surface area contributed by atoms with E-state index in [9.17, 15) is 0 Å². The highest BCUT2D eigenvalue weighted by molar-refractivity contribution is 5.85. The van der Waals surface area contributed by atoms with Crippen molar-refractivity contribution in [3.63, 3.8) is 0 Å². The summed E-state index contributed by atoms with van der Waals surface area (Å²) < 4.78 is 5.91. The molecule has 1 N–H and O–H groups in total. The van der Waals surface area contributed by atoms with Crippen molar-refractivity contribution >= 4 is 11.0 Å². The lowest BCUT2D eigenvalue weighted by molar-refractivity contribution is 0.556. The minimum Gasteiger partial charge on any atom is -0.464 e. The summed E-state index contributed by atoms with van der Waals surface area (Å²) in [5.41, 5.74) is 5.16. The average molecular weight is 271 g/mol. The van der Waals surface area contributed by atoms with Crippen molar-refractivity contribution in [1.82, 2.24) is 5.32 Å². The van der Waals surface area contributed by atoms with Crippen LogP contribution in [-0.4, -0.2) is 12.6 Å². The molecule has 3 rings (SSSR count). The Morgan fingerprint density at radius 1 is 1.25 bits per heavy atom. The van der Waals surface area contributed by atoms with Gasteiger partial charge >= 0.3 is 0 Å². The fourth-order valence-corrected chi connectivity index (χ4v) is 2.78. The van der Waals surface area contributed by atoms with Crippen LogP contribution in [0.1, 0.15) is 50.3 Å². The van der Waals surface area contributed by atoms with E-state index < -0.39 is 0 Å². The number of hydrogen-bond acceptors (Lipinski definition) is 2. The molecule has 1 saturated carbocycles. The molecule has 1 aromatic heterocycles. The largest absolute Gasteiger partial charge is 0.464 e. The average Bonchev–Trinajstić information content (AvgIpc) is 3.09. The van der Waals surface area contributed by atoms with Gasteiger partial charge in [0.1, 0.15) is 5.58 Å². The van der Waals surface area contributed by atoms with Gasteiger partial charge in [0.15, 0.2) is 0 Å². The zero-order valence-corrected chi connectivity index (χ0v) is 13.0. The van der Waals surface area contributed by atoms with Gasteiger partial charge < -0.3 is 9.73 Å². The molecule has 1 aromatic carbocycles. The molecule has 1 heterocycles. The lowest BCUT2D eigenvalue weighted by Gasteiger charge is -2.20. The van der Waals surface area contributed by atoms with Crippen molar-refractivity contribution in [2.75, 3.05) is 6.54 Å². The minimum atomic E-state index is 0.117. The topological polar surface area (TPSA) is 25.2 Å². The lowest BCUT2D eigenvalue weighted by Crippen LogP contribution is -2.19. The van der Waals surface area contributed by atoms with E-state index in [0.717, 1.165) is 24.6 Å². The molecule has 0 saturated heterocycles. The van der Waals surface area contributed by atoms with Gasteiger partial charge in [0, 0.05) is 17.0 Å². The minimum absolute atomic E-state index is 0.117. The van der Waals surface area contributed by atoms with Crippen molar-refractivity contribution in [2.45, 2.75) is 58.4 Å². The third kappa shape index (κ3) is 2.76. The molecule has 0 atom stereocenters. The highest BCUT2D eigenvalue weighted by Crippen LogP contribution is 2.34. The molecular weight excluding hydrogens is 246 g/mol. The fourth-order valence-electron chi connectivity index (χ4n) is 2.78. The molecule has 0 radical (unpaired) electrons. The third-order valence-corrected chi connectivity index (χ3v) is 4.11. The molecule has 1 fully saturated rings. The van der Waals surface area contributed by atoms with E-state index in [2.05, 4.69) is 45.1 Å². The quantitative estimate of drug-likeness (QED) is 0.895. The number of fused-ring (bicyclic) bond motifs is 1. The van der Waals surface area contributed by atoms with Crippen LogP contribution in [0.4, 0.5) is 0 Å². The van der Waals surface area contributed by atoms with E-state index >= 15 is 0 Å². The summed E-state index contributed by atoms with van der Waals surface area (Å²) in [7, 11) is 0. The number of furan rings is 1. The van der Waals surface area contributed by atoms with Gasteiger partial charge in [-0.15, -0.1) is 0 Å². The van der Waals surface area contributed by atoms with Crippen LogP contribution in [0.2, 0.25) is 0 Å². The first-order valence-corrected chi connectivity index (χ1v) is 7.70. The Hall–Kier alpha value is -1.28. The summed E-state index contributed by atoms with van der Waals surface area (Å²) in [6.07, 6.45) is 5.70. The van der Waals surface area contributed by atoms with Crippen molar-refractivity contribution in [1.29, 1.82) is 0 Å². The molecule has 0 spiro atoms. The maximum atomic E-state index is 5.91. The summed E-state index contributed by atoms with van der Waals surface area (Å²) >= 11 is 0. The molecule has 1 aliphatic rings. The smallest absolute Gasteiger partial charge is 0.137 e. The predicted octanol–water partition coefficient (Wildman–Crippen LogP) is 4.33. The molecule has 108 valence electrons. The maximum Gasteiger partial charge on any atom is 0.137 e. The molecule has 2 aromatic rings. The van der Waals surface area contributed by atoms with Crippen LogP contribution in [0.3, 0.4) is 0 Å². The SMILES string of the molecule is Cc1cc(C(C)(C)C)c2occ(CCNC3CC3)c2c1.